The van der Waals surface area contributed by atoms with Gasteiger partial charge in [0.1, 0.15) is 0 Å². The van der Waals surface area contributed by atoms with E-state index in [-0.39, 0.29) is 17.4 Å². The summed E-state index contributed by atoms with van der Waals surface area (Å²) < 4.78 is 7.97. The minimum atomic E-state index is -0.129. The number of benzene rings is 2. The lowest BCUT2D eigenvalue weighted by atomic mass is 9.65. The number of fused-ring (bicyclic) bond motifs is 2. The number of nitrogens with zero attached hydrogens (tertiary/aromatic N) is 2. The van der Waals surface area contributed by atoms with Crippen molar-refractivity contribution in [2.75, 3.05) is 13.7 Å². The Morgan fingerprint density at radius 3 is 2.78 bits per heavy atom. The minimum absolute atomic E-state index is 0.129. The molecule has 3 heterocycles. The van der Waals surface area contributed by atoms with Crippen molar-refractivity contribution in [3.63, 3.8) is 0 Å². The van der Waals surface area contributed by atoms with E-state index in [1.54, 1.807) is 7.11 Å². The Morgan fingerprint density at radius 2 is 2.00 bits per heavy atom. The minimum Gasteiger partial charge on any atom is -0.385 e. The number of rotatable bonds is 4. The number of allylic oxidation sites excluding steroid dienone is 1. The second-order valence-corrected chi connectivity index (χ2v) is 9.85. The zero-order valence-corrected chi connectivity index (χ0v) is 19.3. The lowest BCUT2D eigenvalue weighted by Crippen LogP contribution is -2.49. The second-order valence-electron chi connectivity index (χ2n) is 9.85. The van der Waals surface area contributed by atoms with E-state index in [0.717, 1.165) is 11.9 Å². The average Bonchev–Trinajstić information content (AvgIpc) is 2.79. The molecule has 2 aliphatic rings. The summed E-state index contributed by atoms with van der Waals surface area (Å²) in [6.07, 6.45) is 5.26. The predicted molar refractivity (Wildman–Crippen MR) is 130 cm³/mol. The third-order valence-corrected chi connectivity index (χ3v) is 7.64. The number of methoxy groups -OCH3 is 1. The van der Waals surface area contributed by atoms with Crippen LogP contribution in [0.1, 0.15) is 54.6 Å². The molecule has 0 amide bonds. The van der Waals surface area contributed by atoms with Crippen LogP contribution in [0.3, 0.4) is 0 Å². The molecule has 32 heavy (non-hydrogen) atoms. The zero-order valence-electron chi connectivity index (χ0n) is 19.3. The van der Waals surface area contributed by atoms with Gasteiger partial charge in [-0.15, -0.1) is 0 Å². The fraction of sp³-hybridized carbons (Fsp3) is 0.310. The van der Waals surface area contributed by atoms with Gasteiger partial charge in [0, 0.05) is 30.6 Å². The topological polar surface area (TPSA) is 26.0 Å². The summed E-state index contributed by atoms with van der Waals surface area (Å²) >= 11 is 0. The Bertz CT molecular complexity index is 1430. The largest absolute Gasteiger partial charge is 0.385 e. The molecule has 2 unspecified atom stereocenters. The van der Waals surface area contributed by atoms with E-state index in [1.165, 1.54) is 49.8 Å². The summed E-state index contributed by atoms with van der Waals surface area (Å²) in [4.78, 5) is 5.31. The van der Waals surface area contributed by atoms with Gasteiger partial charge in [-0.05, 0) is 42.0 Å². The smallest absolute Gasteiger partial charge is 0.223 e. The molecule has 0 saturated carbocycles. The van der Waals surface area contributed by atoms with Crippen LogP contribution in [-0.2, 0) is 10.2 Å². The summed E-state index contributed by atoms with van der Waals surface area (Å²) in [5.74, 6) is 0.226. The third-order valence-electron chi connectivity index (χ3n) is 7.64. The summed E-state index contributed by atoms with van der Waals surface area (Å²) in [6, 6.07) is 15.8. The molecule has 2 atom stereocenters. The van der Waals surface area contributed by atoms with Crippen LogP contribution in [0.2, 0.25) is 0 Å². The highest BCUT2D eigenvalue weighted by Gasteiger charge is 2.48. The van der Waals surface area contributed by atoms with Crippen LogP contribution >= 0.6 is 0 Å². The molecule has 0 saturated heterocycles. The van der Waals surface area contributed by atoms with E-state index in [4.69, 9.17) is 9.72 Å². The first kappa shape index (κ1) is 19.6. The maximum absolute atomic E-state index is 5.52. The quantitative estimate of drug-likeness (QED) is 0.292. The number of aromatic nitrogens is 2. The molecule has 4 aromatic rings. The van der Waals surface area contributed by atoms with Crippen LogP contribution < -0.4 is 4.57 Å². The molecule has 0 N–H and O–H groups in total. The molecular formula is C29H29N2O+. The molecule has 0 radical (unpaired) electrons. The number of pyridine rings is 2. The van der Waals surface area contributed by atoms with Gasteiger partial charge in [0.15, 0.2) is 12.2 Å². The lowest BCUT2D eigenvalue weighted by Gasteiger charge is -2.39. The molecule has 3 heteroatoms. The van der Waals surface area contributed by atoms with Gasteiger partial charge >= 0.3 is 0 Å². The molecule has 160 valence electrons. The van der Waals surface area contributed by atoms with Gasteiger partial charge in [-0.1, -0.05) is 56.3 Å². The first-order chi connectivity index (χ1) is 15.5. The average molecular weight is 422 g/mol. The van der Waals surface area contributed by atoms with E-state index >= 15 is 0 Å². The zero-order chi connectivity index (χ0) is 22.2. The predicted octanol–water partition coefficient (Wildman–Crippen LogP) is 6.15. The Labute approximate surface area is 189 Å². The molecular weight excluding hydrogens is 392 g/mol. The molecule has 2 aromatic carbocycles. The molecule has 0 fully saturated rings. The molecule has 1 aliphatic carbocycles. The van der Waals surface area contributed by atoms with Crippen molar-refractivity contribution in [3.05, 3.63) is 83.7 Å². The van der Waals surface area contributed by atoms with E-state index in [9.17, 15) is 0 Å². The van der Waals surface area contributed by atoms with Crippen molar-refractivity contribution in [2.45, 2.75) is 44.6 Å². The fourth-order valence-corrected chi connectivity index (χ4v) is 6.28. The van der Waals surface area contributed by atoms with Gasteiger partial charge in [0.05, 0.1) is 28.1 Å². The maximum Gasteiger partial charge on any atom is 0.223 e. The van der Waals surface area contributed by atoms with Crippen molar-refractivity contribution in [3.8, 4) is 11.3 Å². The highest BCUT2D eigenvalue weighted by atomic mass is 16.5. The van der Waals surface area contributed by atoms with Crippen molar-refractivity contribution >= 4 is 21.7 Å². The van der Waals surface area contributed by atoms with Crippen molar-refractivity contribution in [2.24, 2.45) is 0 Å². The number of hydrogen-bond acceptors (Lipinski definition) is 2. The molecule has 1 aliphatic heterocycles. The molecule has 0 bridgehead atoms. The molecule has 2 aromatic heterocycles. The Balaban J connectivity index is 1.86. The second kappa shape index (κ2) is 6.73. The SMILES string of the molecule is C=CC1C(CCOC)c2nc3ccccc3c3c2-c2c4c(cc(C)cc4cc[n+]21)C3(C)C. The van der Waals surface area contributed by atoms with Crippen LogP contribution in [0.4, 0.5) is 0 Å². The van der Waals surface area contributed by atoms with Crippen LogP contribution in [0.15, 0.2) is 61.3 Å². The highest BCUT2D eigenvalue weighted by Crippen LogP contribution is 2.54. The van der Waals surface area contributed by atoms with Crippen LogP contribution in [0.5, 0.6) is 0 Å². The van der Waals surface area contributed by atoms with Crippen molar-refractivity contribution in [1.82, 2.24) is 4.98 Å². The third kappa shape index (κ3) is 2.40. The van der Waals surface area contributed by atoms with E-state index < -0.39 is 0 Å². The van der Waals surface area contributed by atoms with Crippen LogP contribution in [0, 0.1) is 6.92 Å². The number of hydrogen-bond donors (Lipinski definition) is 0. The standard InChI is InChI=1S/C29H29N2O/c1-6-23-20(12-14-32-5)27-25-26(19-9-7-8-10-22(19)30-27)29(3,4)21-16-17(2)15-18-11-13-31(23)28(25)24(18)21/h6-11,13,15-16,20,23H,1,12,14H2,2-5H3/q+1. The Morgan fingerprint density at radius 1 is 1.19 bits per heavy atom. The molecule has 3 nitrogen and oxygen atoms in total. The first-order valence-electron chi connectivity index (χ1n) is 11.5. The van der Waals surface area contributed by atoms with Crippen LogP contribution in [-0.4, -0.2) is 18.7 Å². The lowest BCUT2D eigenvalue weighted by molar-refractivity contribution is -0.706. The highest BCUT2D eigenvalue weighted by molar-refractivity contribution is 6.05. The van der Waals surface area contributed by atoms with Gasteiger partial charge in [-0.3, -0.25) is 4.98 Å². The monoisotopic (exact) mass is 421 g/mol. The first-order valence-corrected chi connectivity index (χ1v) is 11.5. The summed E-state index contributed by atoms with van der Waals surface area (Å²) in [6.45, 7) is 11.9. The van der Waals surface area contributed by atoms with E-state index in [0.29, 0.717) is 6.61 Å². The summed E-state index contributed by atoms with van der Waals surface area (Å²) in [5, 5.41) is 3.93. The Kier molecular flexibility index (Phi) is 4.13. The van der Waals surface area contributed by atoms with Crippen molar-refractivity contribution in [1.29, 1.82) is 0 Å². The van der Waals surface area contributed by atoms with E-state index in [2.05, 4.69) is 86.7 Å². The van der Waals surface area contributed by atoms with Crippen molar-refractivity contribution < 1.29 is 9.30 Å². The fourth-order valence-electron chi connectivity index (χ4n) is 6.28. The van der Waals surface area contributed by atoms with Gasteiger partial charge < -0.3 is 4.74 Å². The van der Waals surface area contributed by atoms with Gasteiger partial charge in [0.2, 0.25) is 5.69 Å². The Hall–Kier alpha value is -3.04. The number of ether oxygens (including phenoxy) is 1. The summed E-state index contributed by atoms with van der Waals surface area (Å²) in [5.41, 5.74) is 8.90. The normalized spacial score (nSPS) is 20.0. The van der Waals surface area contributed by atoms with E-state index in [1.807, 2.05) is 0 Å². The van der Waals surface area contributed by atoms with Gasteiger partial charge in [-0.25, -0.2) is 0 Å². The van der Waals surface area contributed by atoms with Gasteiger partial charge in [0.25, 0.3) is 0 Å². The number of aryl methyl sites for hydroxylation is 1. The molecule has 6 rings (SSSR count). The molecule has 0 spiro atoms. The van der Waals surface area contributed by atoms with Crippen LogP contribution in [0.25, 0.3) is 32.9 Å². The van der Waals surface area contributed by atoms with Gasteiger partial charge in [-0.2, -0.15) is 4.57 Å². The summed E-state index contributed by atoms with van der Waals surface area (Å²) in [7, 11) is 1.78. The maximum atomic E-state index is 5.52. The number of para-hydroxylation sites is 1.